The standard InChI is InChI=1S/C13H16N2O/c1-4-8-15(5-2)13(16)11-7-6-10(3)12(14)9-11/h1,6-7,9H,5,8,14H2,2-3H3. The fraction of sp³-hybridized carbons (Fsp3) is 0.308. The first-order chi connectivity index (χ1) is 7.60. The van der Waals surface area contributed by atoms with Crippen molar-refractivity contribution in [3.8, 4) is 12.3 Å². The molecule has 0 unspecified atom stereocenters. The predicted molar refractivity (Wildman–Crippen MR) is 66.0 cm³/mol. The van der Waals surface area contributed by atoms with E-state index in [9.17, 15) is 4.79 Å². The molecule has 3 nitrogen and oxygen atoms in total. The molecule has 16 heavy (non-hydrogen) atoms. The van der Waals surface area contributed by atoms with Gasteiger partial charge in [0.05, 0.1) is 6.54 Å². The van der Waals surface area contributed by atoms with E-state index in [1.54, 1.807) is 17.0 Å². The molecule has 0 aliphatic heterocycles. The lowest BCUT2D eigenvalue weighted by Crippen LogP contribution is -2.31. The molecule has 0 aliphatic rings. The van der Waals surface area contributed by atoms with Crippen molar-refractivity contribution >= 4 is 11.6 Å². The van der Waals surface area contributed by atoms with E-state index in [-0.39, 0.29) is 5.91 Å². The Hall–Kier alpha value is -1.95. The third-order valence-corrected chi connectivity index (χ3v) is 2.48. The van der Waals surface area contributed by atoms with Gasteiger partial charge in [0.1, 0.15) is 0 Å². The highest BCUT2D eigenvalue weighted by atomic mass is 16.2. The molecule has 84 valence electrons. The number of aryl methyl sites for hydroxylation is 1. The van der Waals surface area contributed by atoms with E-state index in [2.05, 4.69) is 5.92 Å². The normalized spacial score (nSPS) is 9.56. The van der Waals surface area contributed by atoms with Gasteiger partial charge in [0.25, 0.3) is 5.91 Å². The number of nitrogens with two attached hydrogens (primary N) is 1. The zero-order valence-corrected chi connectivity index (χ0v) is 9.66. The fourth-order valence-electron chi connectivity index (χ4n) is 1.39. The zero-order chi connectivity index (χ0) is 12.1. The molecule has 3 heteroatoms. The number of hydrogen-bond acceptors (Lipinski definition) is 2. The van der Waals surface area contributed by atoms with Crippen LogP contribution in [0.5, 0.6) is 0 Å². The molecule has 0 saturated carbocycles. The summed E-state index contributed by atoms with van der Waals surface area (Å²) in [5.41, 5.74) is 7.94. The zero-order valence-electron chi connectivity index (χ0n) is 9.66. The van der Waals surface area contributed by atoms with E-state index < -0.39 is 0 Å². The first-order valence-corrected chi connectivity index (χ1v) is 5.19. The topological polar surface area (TPSA) is 46.3 Å². The monoisotopic (exact) mass is 216 g/mol. The van der Waals surface area contributed by atoms with Gasteiger partial charge in [-0.3, -0.25) is 4.79 Å². The number of carbonyl (C=O) groups excluding carboxylic acids is 1. The summed E-state index contributed by atoms with van der Waals surface area (Å²) in [6, 6.07) is 5.30. The van der Waals surface area contributed by atoms with Crippen LogP contribution in [0.2, 0.25) is 0 Å². The van der Waals surface area contributed by atoms with Gasteiger partial charge in [-0.25, -0.2) is 0 Å². The molecule has 0 heterocycles. The number of amides is 1. The molecular weight excluding hydrogens is 200 g/mol. The summed E-state index contributed by atoms with van der Waals surface area (Å²) >= 11 is 0. The van der Waals surface area contributed by atoms with Crippen LogP contribution in [0, 0.1) is 19.3 Å². The van der Waals surface area contributed by atoms with Gasteiger partial charge in [-0.2, -0.15) is 0 Å². The number of hydrogen-bond donors (Lipinski definition) is 1. The van der Waals surface area contributed by atoms with Crippen LogP contribution in [0.4, 0.5) is 5.69 Å². The Balaban J connectivity index is 2.95. The van der Waals surface area contributed by atoms with E-state index in [0.717, 1.165) is 5.56 Å². The first kappa shape index (κ1) is 12.1. The third kappa shape index (κ3) is 2.54. The third-order valence-electron chi connectivity index (χ3n) is 2.48. The lowest BCUT2D eigenvalue weighted by molar-refractivity contribution is 0.0785. The summed E-state index contributed by atoms with van der Waals surface area (Å²) in [6.45, 7) is 4.72. The highest BCUT2D eigenvalue weighted by Gasteiger charge is 2.13. The molecule has 0 atom stereocenters. The number of anilines is 1. The molecule has 0 aromatic heterocycles. The van der Waals surface area contributed by atoms with E-state index in [0.29, 0.717) is 24.3 Å². The minimum atomic E-state index is -0.0767. The van der Waals surface area contributed by atoms with Gasteiger partial charge in [0.2, 0.25) is 0 Å². The van der Waals surface area contributed by atoms with Gasteiger partial charge >= 0.3 is 0 Å². The molecule has 1 rings (SSSR count). The number of carbonyl (C=O) groups is 1. The average Bonchev–Trinajstić information content (AvgIpc) is 2.28. The van der Waals surface area contributed by atoms with Crippen molar-refractivity contribution in [2.24, 2.45) is 0 Å². The molecule has 1 amide bonds. The number of rotatable bonds is 3. The van der Waals surface area contributed by atoms with Gasteiger partial charge in [-0.15, -0.1) is 6.42 Å². The van der Waals surface area contributed by atoms with Crippen molar-refractivity contribution in [1.29, 1.82) is 0 Å². The number of terminal acetylenes is 1. The summed E-state index contributed by atoms with van der Waals surface area (Å²) in [5, 5.41) is 0. The summed E-state index contributed by atoms with van der Waals surface area (Å²) in [5.74, 6) is 2.39. The van der Waals surface area contributed by atoms with Gasteiger partial charge in [-0.05, 0) is 31.5 Å². The summed E-state index contributed by atoms with van der Waals surface area (Å²) in [4.78, 5) is 13.6. The fourth-order valence-corrected chi connectivity index (χ4v) is 1.39. The van der Waals surface area contributed by atoms with Crippen molar-refractivity contribution in [2.75, 3.05) is 18.8 Å². The van der Waals surface area contributed by atoms with Gasteiger partial charge in [0, 0.05) is 17.8 Å². The molecule has 0 bridgehead atoms. The highest BCUT2D eigenvalue weighted by molar-refractivity contribution is 5.95. The highest BCUT2D eigenvalue weighted by Crippen LogP contribution is 2.14. The lowest BCUT2D eigenvalue weighted by Gasteiger charge is -2.18. The van der Waals surface area contributed by atoms with Crippen molar-refractivity contribution in [3.63, 3.8) is 0 Å². The van der Waals surface area contributed by atoms with E-state index in [4.69, 9.17) is 12.2 Å². The first-order valence-electron chi connectivity index (χ1n) is 5.19. The molecule has 1 aromatic carbocycles. The quantitative estimate of drug-likeness (QED) is 0.617. The number of nitrogens with zero attached hydrogens (tertiary/aromatic N) is 1. The van der Waals surface area contributed by atoms with Crippen LogP contribution in [0.1, 0.15) is 22.8 Å². The van der Waals surface area contributed by atoms with Crippen LogP contribution in [0.3, 0.4) is 0 Å². The molecule has 0 spiro atoms. The maximum Gasteiger partial charge on any atom is 0.254 e. The number of benzene rings is 1. The van der Waals surface area contributed by atoms with E-state index >= 15 is 0 Å². The van der Waals surface area contributed by atoms with Crippen LogP contribution in [0.25, 0.3) is 0 Å². The second kappa shape index (κ2) is 5.22. The van der Waals surface area contributed by atoms with Crippen LogP contribution >= 0.6 is 0 Å². The van der Waals surface area contributed by atoms with Crippen LogP contribution < -0.4 is 5.73 Å². The Kier molecular flexibility index (Phi) is 3.96. The number of nitrogen functional groups attached to an aromatic ring is 1. The Bertz CT molecular complexity index is 432. The molecule has 2 N–H and O–H groups in total. The Morgan fingerprint density at radius 2 is 2.25 bits per heavy atom. The SMILES string of the molecule is C#CCN(CC)C(=O)c1ccc(C)c(N)c1. The molecule has 0 radical (unpaired) electrons. The van der Waals surface area contributed by atoms with Crippen molar-refractivity contribution < 1.29 is 4.79 Å². The maximum atomic E-state index is 12.0. The Morgan fingerprint density at radius 3 is 2.75 bits per heavy atom. The maximum absolute atomic E-state index is 12.0. The smallest absolute Gasteiger partial charge is 0.254 e. The van der Waals surface area contributed by atoms with Crippen molar-refractivity contribution in [2.45, 2.75) is 13.8 Å². The van der Waals surface area contributed by atoms with Gasteiger partial charge < -0.3 is 10.6 Å². The molecule has 1 aromatic rings. The molecule has 0 fully saturated rings. The Labute approximate surface area is 96.2 Å². The molecular formula is C13H16N2O. The second-order valence-corrected chi connectivity index (χ2v) is 3.59. The second-order valence-electron chi connectivity index (χ2n) is 3.59. The van der Waals surface area contributed by atoms with Crippen LogP contribution in [-0.2, 0) is 0 Å². The van der Waals surface area contributed by atoms with E-state index in [1.807, 2.05) is 19.9 Å². The minimum Gasteiger partial charge on any atom is -0.398 e. The van der Waals surface area contributed by atoms with Gasteiger partial charge in [0.15, 0.2) is 0 Å². The van der Waals surface area contributed by atoms with Crippen LogP contribution in [-0.4, -0.2) is 23.9 Å². The summed E-state index contributed by atoms with van der Waals surface area (Å²) < 4.78 is 0. The van der Waals surface area contributed by atoms with Crippen molar-refractivity contribution in [3.05, 3.63) is 29.3 Å². The van der Waals surface area contributed by atoms with E-state index in [1.165, 1.54) is 0 Å². The lowest BCUT2D eigenvalue weighted by atomic mass is 10.1. The predicted octanol–water partition coefficient (Wildman–Crippen LogP) is 1.67. The summed E-state index contributed by atoms with van der Waals surface area (Å²) in [6.07, 6.45) is 5.21. The van der Waals surface area contributed by atoms with Gasteiger partial charge in [-0.1, -0.05) is 12.0 Å². The molecule has 0 saturated heterocycles. The molecule has 0 aliphatic carbocycles. The van der Waals surface area contributed by atoms with Crippen molar-refractivity contribution in [1.82, 2.24) is 4.90 Å². The minimum absolute atomic E-state index is 0.0767. The average molecular weight is 216 g/mol. The largest absolute Gasteiger partial charge is 0.398 e. The Morgan fingerprint density at radius 1 is 1.56 bits per heavy atom. The summed E-state index contributed by atoms with van der Waals surface area (Å²) in [7, 11) is 0. The van der Waals surface area contributed by atoms with Crippen LogP contribution in [0.15, 0.2) is 18.2 Å².